The number of anilines is 2. The second-order valence-corrected chi connectivity index (χ2v) is 7.90. The molecule has 0 saturated carbocycles. The standard InChI is InChI=1S/C20H21N5O3S/c1-24(17-5-2-10-21-23-17)14-8-11-25(12-9-14)20(27)16-6-7-18(29-16)22-19(26)15-4-3-13-28-15/h2-7,10,13-14H,8-9,11-12H2,1H3,(H,22,26). The molecular formula is C20H21N5O3S. The van der Waals surface area contributed by atoms with Gasteiger partial charge in [-0.3, -0.25) is 9.59 Å². The molecular weight excluding hydrogens is 390 g/mol. The first-order valence-corrected chi connectivity index (χ1v) is 10.2. The Hall–Kier alpha value is -3.20. The first-order chi connectivity index (χ1) is 14.1. The van der Waals surface area contributed by atoms with Crippen molar-refractivity contribution in [2.24, 2.45) is 0 Å². The van der Waals surface area contributed by atoms with E-state index in [1.54, 1.807) is 30.5 Å². The van der Waals surface area contributed by atoms with E-state index in [0.29, 0.717) is 29.0 Å². The van der Waals surface area contributed by atoms with Crippen LogP contribution in [0.5, 0.6) is 0 Å². The Bertz CT molecular complexity index is 965. The Morgan fingerprint density at radius 1 is 1.21 bits per heavy atom. The molecule has 0 radical (unpaired) electrons. The van der Waals surface area contributed by atoms with Gasteiger partial charge in [0.2, 0.25) is 0 Å². The van der Waals surface area contributed by atoms with Gasteiger partial charge >= 0.3 is 0 Å². The van der Waals surface area contributed by atoms with Crippen molar-refractivity contribution in [3.05, 3.63) is 59.5 Å². The van der Waals surface area contributed by atoms with Crippen molar-refractivity contribution in [1.82, 2.24) is 15.1 Å². The van der Waals surface area contributed by atoms with Gasteiger partial charge in [0.15, 0.2) is 11.6 Å². The second-order valence-electron chi connectivity index (χ2n) is 6.81. The monoisotopic (exact) mass is 411 g/mol. The summed E-state index contributed by atoms with van der Waals surface area (Å²) in [4.78, 5) is 29.5. The molecule has 150 valence electrons. The Labute approximate surface area is 172 Å². The third-order valence-corrected chi connectivity index (χ3v) is 6.01. The van der Waals surface area contributed by atoms with Gasteiger partial charge in [0, 0.05) is 32.4 Å². The van der Waals surface area contributed by atoms with Crippen molar-refractivity contribution in [2.75, 3.05) is 30.4 Å². The van der Waals surface area contributed by atoms with Crippen LogP contribution in [0.1, 0.15) is 33.1 Å². The largest absolute Gasteiger partial charge is 0.459 e. The number of carbonyl (C=O) groups excluding carboxylic acids is 2. The van der Waals surface area contributed by atoms with Crippen molar-refractivity contribution >= 4 is 34.0 Å². The molecule has 8 nitrogen and oxygen atoms in total. The second kappa shape index (κ2) is 8.44. The molecule has 0 aliphatic carbocycles. The molecule has 1 aliphatic heterocycles. The van der Waals surface area contributed by atoms with Gasteiger partial charge in [-0.1, -0.05) is 0 Å². The van der Waals surface area contributed by atoms with Crippen molar-refractivity contribution in [2.45, 2.75) is 18.9 Å². The number of nitrogens with one attached hydrogen (secondary N) is 1. The molecule has 1 aliphatic rings. The van der Waals surface area contributed by atoms with Gasteiger partial charge in [0.05, 0.1) is 16.1 Å². The van der Waals surface area contributed by atoms with Crippen LogP contribution in [0.2, 0.25) is 0 Å². The number of nitrogens with zero attached hydrogens (tertiary/aromatic N) is 4. The van der Waals surface area contributed by atoms with Crippen molar-refractivity contribution in [3.8, 4) is 0 Å². The lowest BCUT2D eigenvalue weighted by Crippen LogP contribution is -2.45. The van der Waals surface area contributed by atoms with E-state index in [9.17, 15) is 9.59 Å². The number of thiophene rings is 1. The number of carbonyl (C=O) groups is 2. The topological polar surface area (TPSA) is 91.6 Å². The SMILES string of the molecule is CN(c1cccnn1)C1CCN(C(=O)c2ccc(NC(=O)c3ccco3)s2)CC1. The normalized spacial score (nSPS) is 14.6. The molecule has 9 heteroatoms. The summed E-state index contributed by atoms with van der Waals surface area (Å²) in [7, 11) is 2.01. The van der Waals surface area contributed by atoms with Crippen LogP contribution in [0.4, 0.5) is 10.8 Å². The average molecular weight is 411 g/mol. The zero-order valence-corrected chi connectivity index (χ0v) is 16.8. The van der Waals surface area contributed by atoms with E-state index >= 15 is 0 Å². The summed E-state index contributed by atoms with van der Waals surface area (Å²) in [5, 5.41) is 11.5. The highest BCUT2D eigenvalue weighted by Crippen LogP contribution is 2.26. The zero-order chi connectivity index (χ0) is 20.2. The molecule has 4 rings (SSSR count). The first-order valence-electron chi connectivity index (χ1n) is 9.36. The van der Waals surface area contributed by atoms with Crippen LogP contribution in [0.15, 0.2) is 53.3 Å². The van der Waals surface area contributed by atoms with E-state index in [1.165, 1.54) is 17.6 Å². The molecule has 0 bridgehead atoms. The fourth-order valence-electron chi connectivity index (χ4n) is 3.38. The number of hydrogen-bond donors (Lipinski definition) is 1. The van der Waals surface area contributed by atoms with Crippen molar-refractivity contribution in [3.63, 3.8) is 0 Å². The molecule has 4 heterocycles. The minimum atomic E-state index is -0.330. The van der Waals surface area contributed by atoms with Crippen molar-refractivity contribution in [1.29, 1.82) is 0 Å². The molecule has 1 N–H and O–H groups in total. The van der Waals surface area contributed by atoms with Crippen LogP contribution in [0.3, 0.4) is 0 Å². The van der Waals surface area contributed by atoms with E-state index in [2.05, 4.69) is 20.4 Å². The number of hydrogen-bond acceptors (Lipinski definition) is 7. The Balaban J connectivity index is 1.33. The van der Waals surface area contributed by atoms with Gasteiger partial charge in [-0.2, -0.15) is 5.10 Å². The predicted octanol–water partition coefficient (Wildman–Crippen LogP) is 3.12. The van der Waals surface area contributed by atoms with E-state index in [4.69, 9.17) is 4.42 Å². The van der Waals surface area contributed by atoms with E-state index in [1.807, 2.05) is 24.1 Å². The van der Waals surface area contributed by atoms with E-state index in [0.717, 1.165) is 18.7 Å². The summed E-state index contributed by atoms with van der Waals surface area (Å²) in [6.45, 7) is 1.36. The third kappa shape index (κ3) is 4.29. The highest BCUT2D eigenvalue weighted by atomic mass is 32.1. The molecule has 2 amide bonds. The zero-order valence-electron chi connectivity index (χ0n) is 15.9. The molecule has 1 fully saturated rings. The molecule has 3 aromatic heterocycles. The quantitative estimate of drug-likeness (QED) is 0.694. The van der Waals surface area contributed by atoms with E-state index < -0.39 is 0 Å². The number of furan rings is 1. The maximum absolute atomic E-state index is 12.8. The molecule has 0 spiro atoms. The van der Waals surface area contributed by atoms with Crippen LogP contribution in [0.25, 0.3) is 0 Å². The van der Waals surface area contributed by atoms with Gasteiger partial charge in [-0.05, 0) is 49.2 Å². The number of amides is 2. The molecule has 3 aromatic rings. The molecule has 0 aromatic carbocycles. The number of aromatic nitrogens is 2. The molecule has 29 heavy (non-hydrogen) atoms. The fraction of sp³-hybridized carbons (Fsp3) is 0.300. The number of likely N-dealkylation sites (tertiary alicyclic amines) is 1. The maximum Gasteiger partial charge on any atom is 0.291 e. The highest BCUT2D eigenvalue weighted by Gasteiger charge is 2.27. The Morgan fingerprint density at radius 3 is 2.72 bits per heavy atom. The van der Waals surface area contributed by atoms with Gasteiger partial charge in [0.25, 0.3) is 11.8 Å². The number of piperidine rings is 1. The molecule has 0 unspecified atom stereocenters. The average Bonchev–Trinajstić information content (AvgIpc) is 3.46. The van der Waals surface area contributed by atoms with Crippen LogP contribution in [0, 0.1) is 0 Å². The minimum absolute atomic E-state index is 0.00546. The van der Waals surface area contributed by atoms with Crippen LogP contribution < -0.4 is 10.2 Å². The van der Waals surface area contributed by atoms with Gasteiger partial charge in [-0.15, -0.1) is 16.4 Å². The van der Waals surface area contributed by atoms with Gasteiger partial charge in [0.1, 0.15) is 0 Å². The summed E-state index contributed by atoms with van der Waals surface area (Å²) in [5.74, 6) is 0.742. The smallest absolute Gasteiger partial charge is 0.291 e. The maximum atomic E-state index is 12.8. The van der Waals surface area contributed by atoms with Crippen LogP contribution >= 0.6 is 11.3 Å². The summed E-state index contributed by atoms with van der Waals surface area (Å²) in [6, 6.07) is 10.9. The predicted molar refractivity (Wildman–Crippen MR) is 110 cm³/mol. The Kier molecular flexibility index (Phi) is 5.57. The first kappa shape index (κ1) is 19.1. The highest BCUT2D eigenvalue weighted by molar-refractivity contribution is 7.18. The number of rotatable bonds is 5. The Morgan fingerprint density at radius 2 is 2.03 bits per heavy atom. The summed E-state index contributed by atoms with van der Waals surface area (Å²) >= 11 is 1.27. The van der Waals surface area contributed by atoms with Crippen LogP contribution in [-0.2, 0) is 0 Å². The van der Waals surface area contributed by atoms with Gasteiger partial charge in [-0.25, -0.2) is 0 Å². The summed E-state index contributed by atoms with van der Waals surface area (Å²) in [6.07, 6.45) is 4.84. The van der Waals surface area contributed by atoms with Crippen molar-refractivity contribution < 1.29 is 14.0 Å². The van der Waals surface area contributed by atoms with Gasteiger partial charge < -0.3 is 19.5 Å². The lowest BCUT2D eigenvalue weighted by Gasteiger charge is -2.36. The summed E-state index contributed by atoms with van der Waals surface area (Å²) < 4.78 is 5.08. The third-order valence-electron chi connectivity index (χ3n) is 5.02. The summed E-state index contributed by atoms with van der Waals surface area (Å²) in [5.41, 5.74) is 0. The lowest BCUT2D eigenvalue weighted by atomic mass is 10.0. The van der Waals surface area contributed by atoms with Crippen LogP contribution in [-0.4, -0.2) is 53.1 Å². The molecule has 0 atom stereocenters. The van der Waals surface area contributed by atoms with E-state index in [-0.39, 0.29) is 17.6 Å². The molecule has 1 saturated heterocycles. The minimum Gasteiger partial charge on any atom is -0.459 e. The fourth-order valence-corrected chi connectivity index (χ4v) is 4.25. The lowest BCUT2D eigenvalue weighted by molar-refractivity contribution is 0.0718.